The maximum absolute atomic E-state index is 12.0. The van der Waals surface area contributed by atoms with E-state index in [1.165, 1.54) is 13.2 Å². The molecule has 9 heteroatoms. The van der Waals surface area contributed by atoms with Crippen molar-refractivity contribution in [3.8, 4) is 45.5 Å². The van der Waals surface area contributed by atoms with E-state index in [0.717, 1.165) is 11.1 Å². The molecular weight excluding hydrogens is 462 g/mol. The van der Waals surface area contributed by atoms with Gasteiger partial charge in [0.2, 0.25) is 0 Å². The van der Waals surface area contributed by atoms with Gasteiger partial charge in [0.1, 0.15) is 30.4 Å². The van der Waals surface area contributed by atoms with Crippen molar-refractivity contribution in [1.29, 1.82) is 0 Å². The summed E-state index contributed by atoms with van der Waals surface area (Å²) in [5.41, 5.74) is 4.22. The Kier molecular flexibility index (Phi) is 6.20. The highest BCUT2D eigenvalue weighted by Crippen LogP contribution is 2.41. The number of aromatic nitrogens is 3. The van der Waals surface area contributed by atoms with Crippen molar-refractivity contribution >= 4 is 5.97 Å². The zero-order valence-electron chi connectivity index (χ0n) is 19.9. The van der Waals surface area contributed by atoms with E-state index in [9.17, 15) is 15.0 Å². The molecule has 0 radical (unpaired) electrons. The van der Waals surface area contributed by atoms with Crippen molar-refractivity contribution < 1.29 is 29.2 Å². The van der Waals surface area contributed by atoms with Gasteiger partial charge < -0.3 is 24.4 Å². The van der Waals surface area contributed by atoms with Crippen LogP contribution in [-0.2, 0) is 17.7 Å². The second kappa shape index (κ2) is 9.61. The van der Waals surface area contributed by atoms with Crippen LogP contribution < -0.4 is 9.47 Å². The molecule has 0 saturated heterocycles. The lowest BCUT2D eigenvalue weighted by Crippen LogP contribution is -2.15. The largest absolute Gasteiger partial charge is 0.508 e. The van der Waals surface area contributed by atoms with Gasteiger partial charge in [0, 0.05) is 17.2 Å². The van der Waals surface area contributed by atoms with Gasteiger partial charge in [0.05, 0.1) is 24.9 Å². The third-order valence-corrected chi connectivity index (χ3v) is 6.06. The molecule has 2 heterocycles. The molecule has 1 aromatic heterocycles. The van der Waals surface area contributed by atoms with Crippen LogP contribution in [0.1, 0.15) is 28.4 Å². The van der Waals surface area contributed by atoms with Crippen LogP contribution in [-0.4, -0.2) is 51.5 Å². The zero-order chi connectivity index (χ0) is 25.2. The molecule has 1 aliphatic heterocycles. The van der Waals surface area contributed by atoms with Crippen LogP contribution in [0, 0.1) is 0 Å². The number of fused-ring (bicyclic) bond motifs is 1. The van der Waals surface area contributed by atoms with Crippen LogP contribution in [0.4, 0.5) is 0 Å². The molecule has 0 amide bonds. The number of aryl methyl sites for hydroxylation is 1. The number of carbonyl (C=O) groups is 1. The number of phenolic OH excluding ortho intramolecular Hbond substituents is 2. The molecule has 2 N–H and O–H groups in total. The fourth-order valence-electron chi connectivity index (χ4n) is 4.26. The summed E-state index contributed by atoms with van der Waals surface area (Å²) in [7, 11) is 1.34. The average Bonchev–Trinajstić information content (AvgIpc) is 3.31. The highest BCUT2D eigenvalue weighted by Gasteiger charge is 2.23. The van der Waals surface area contributed by atoms with E-state index < -0.39 is 5.97 Å². The summed E-state index contributed by atoms with van der Waals surface area (Å²) in [6, 6.07) is 15.7. The van der Waals surface area contributed by atoms with E-state index in [4.69, 9.17) is 14.2 Å². The number of benzene rings is 3. The van der Waals surface area contributed by atoms with Crippen LogP contribution in [0.3, 0.4) is 0 Å². The molecule has 1 aliphatic rings. The molecular formula is C27H25N3O6. The number of aromatic hydroxyl groups is 2. The molecule has 0 spiro atoms. The molecule has 0 atom stereocenters. The molecule has 36 heavy (non-hydrogen) atoms. The quantitative estimate of drug-likeness (QED) is 0.389. The first-order chi connectivity index (χ1) is 17.5. The Balaban J connectivity index is 1.65. The zero-order valence-corrected chi connectivity index (χ0v) is 19.9. The van der Waals surface area contributed by atoms with Crippen molar-refractivity contribution in [2.24, 2.45) is 0 Å². The predicted molar refractivity (Wildman–Crippen MR) is 131 cm³/mol. The molecule has 0 bridgehead atoms. The molecule has 0 aliphatic carbocycles. The summed E-state index contributed by atoms with van der Waals surface area (Å²) in [4.78, 5) is 12.0. The normalized spacial score (nSPS) is 12.4. The highest BCUT2D eigenvalue weighted by atomic mass is 16.6. The lowest BCUT2D eigenvalue weighted by molar-refractivity contribution is 0.0600. The topological polar surface area (TPSA) is 116 Å². The number of ether oxygens (including phenoxy) is 3. The van der Waals surface area contributed by atoms with Gasteiger partial charge in [-0.1, -0.05) is 24.3 Å². The number of nitrogens with zero attached hydrogens (tertiary/aromatic N) is 3. The summed E-state index contributed by atoms with van der Waals surface area (Å²) in [5.74, 6) is 0.741. The number of methoxy groups -OCH3 is 1. The van der Waals surface area contributed by atoms with Gasteiger partial charge in [-0.25, -0.2) is 9.48 Å². The van der Waals surface area contributed by atoms with Crippen LogP contribution in [0.15, 0.2) is 54.6 Å². The number of hydrogen-bond acceptors (Lipinski definition) is 8. The maximum atomic E-state index is 12.0. The van der Waals surface area contributed by atoms with Crippen molar-refractivity contribution in [2.45, 2.75) is 19.9 Å². The van der Waals surface area contributed by atoms with E-state index >= 15 is 0 Å². The molecule has 9 nitrogen and oxygen atoms in total. The first kappa shape index (κ1) is 23.2. The van der Waals surface area contributed by atoms with Crippen LogP contribution in [0.2, 0.25) is 0 Å². The van der Waals surface area contributed by atoms with Crippen molar-refractivity contribution in [2.75, 3.05) is 20.3 Å². The average molecular weight is 488 g/mol. The van der Waals surface area contributed by atoms with Crippen LogP contribution >= 0.6 is 0 Å². The van der Waals surface area contributed by atoms with Crippen molar-refractivity contribution in [1.82, 2.24) is 15.0 Å². The van der Waals surface area contributed by atoms with Gasteiger partial charge in [0.15, 0.2) is 11.5 Å². The van der Waals surface area contributed by atoms with Crippen molar-refractivity contribution in [3.63, 3.8) is 0 Å². The number of phenols is 2. The predicted octanol–water partition coefficient (Wildman–Crippen LogP) is 4.19. The minimum Gasteiger partial charge on any atom is -0.508 e. The first-order valence-electron chi connectivity index (χ1n) is 11.5. The second-order valence-electron chi connectivity index (χ2n) is 8.35. The maximum Gasteiger partial charge on any atom is 0.337 e. The Hall–Kier alpha value is -4.53. The molecule has 184 valence electrons. The summed E-state index contributed by atoms with van der Waals surface area (Å²) in [5, 5.41) is 29.7. The Labute approximate surface area is 207 Å². The van der Waals surface area contributed by atoms with E-state index in [2.05, 4.69) is 10.3 Å². The van der Waals surface area contributed by atoms with Crippen LogP contribution in [0.25, 0.3) is 22.5 Å². The van der Waals surface area contributed by atoms with Gasteiger partial charge in [-0.3, -0.25) is 0 Å². The summed E-state index contributed by atoms with van der Waals surface area (Å²) < 4.78 is 18.0. The Morgan fingerprint density at radius 3 is 2.61 bits per heavy atom. The number of hydrogen-bond donors (Lipinski definition) is 2. The standard InChI is InChI=1S/C27H25N3O6/c1-3-17-12-20(22(32)14-21(17)31)25-26(18-7-8-23-24(13-18)36-10-9-35-23)30(29-28-25)15-16-5-4-6-19(11-16)27(33)34-2/h4-8,11-14,31-32H,3,9-10,15H2,1-2H3. The number of carbonyl (C=O) groups excluding carboxylic acids is 1. The Morgan fingerprint density at radius 1 is 1.03 bits per heavy atom. The third kappa shape index (κ3) is 4.31. The smallest absolute Gasteiger partial charge is 0.337 e. The van der Waals surface area contributed by atoms with Gasteiger partial charge in [0.25, 0.3) is 0 Å². The lowest BCUT2D eigenvalue weighted by atomic mass is 9.99. The van der Waals surface area contributed by atoms with E-state index in [1.807, 2.05) is 31.2 Å². The summed E-state index contributed by atoms with van der Waals surface area (Å²) >= 11 is 0. The van der Waals surface area contributed by atoms with Crippen molar-refractivity contribution in [3.05, 3.63) is 71.3 Å². The minimum absolute atomic E-state index is 0.0200. The highest BCUT2D eigenvalue weighted by molar-refractivity contribution is 5.89. The summed E-state index contributed by atoms with van der Waals surface area (Å²) in [6.07, 6.45) is 0.576. The lowest BCUT2D eigenvalue weighted by Gasteiger charge is -2.19. The molecule has 0 fully saturated rings. The molecule has 4 aromatic rings. The van der Waals surface area contributed by atoms with E-state index in [-0.39, 0.29) is 11.5 Å². The monoisotopic (exact) mass is 487 g/mol. The Morgan fingerprint density at radius 2 is 1.83 bits per heavy atom. The van der Waals surface area contributed by atoms with Crippen LogP contribution in [0.5, 0.6) is 23.0 Å². The van der Waals surface area contributed by atoms with Gasteiger partial charge in [-0.15, -0.1) is 5.10 Å². The van der Waals surface area contributed by atoms with Gasteiger partial charge >= 0.3 is 5.97 Å². The SMILES string of the molecule is CCc1cc(-c2nnn(Cc3cccc(C(=O)OC)c3)c2-c2ccc3c(c2)OCCO3)c(O)cc1O. The third-order valence-electron chi connectivity index (χ3n) is 6.06. The summed E-state index contributed by atoms with van der Waals surface area (Å²) in [6.45, 7) is 3.15. The van der Waals surface area contributed by atoms with Gasteiger partial charge in [-0.2, -0.15) is 0 Å². The van der Waals surface area contributed by atoms with E-state index in [0.29, 0.717) is 65.8 Å². The fraction of sp³-hybridized carbons (Fsp3) is 0.222. The minimum atomic E-state index is -0.427. The number of esters is 1. The number of rotatable bonds is 6. The molecule has 0 unspecified atom stereocenters. The molecule has 5 rings (SSSR count). The first-order valence-corrected chi connectivity index (χ1v) is 11.5. The van der Waals surface area contributed by atoms with Gasteiger partial charge in [-0.05, 0) is 53.9 Å². The fourth-order valence-corrected chi connectivity index (χ4v) is 4.26. The molecule has 3 aromatic carbocycles. The van der Waals surface area contributed by atoms with E-state index in [1.54, 1.807) is 28.9 Å². The Bertz CT molecular complexity index is 1450. The second-order valence-corrected chi connectivity index (χ2v) is 8.35. The molecule has 0 saturated carbocycles.